The van der Waals surface area contributed by atoms with E-state index in [1.807, 2.05) is 13.0 Å². The van der Waals surface area contributed by atoms with E-state index in [-0.39, 0.29) is 6.04 Å². The summed E-state index contributed by atoms with van der Waals surface area (Å²) in [5.74, 6) is 0.772. The van der Waals surface area contributed by atoms with Gasteiger partial charge in [0.05, 0.1) is 11.7 Å². The fourth-order valence-corrected chi connectivity index (χ4v) is 2.98. The van der Waals surface area contributed by atoms with Gasteiger partial charge in [0.2, 0.25) is 0 Å². The molecular weight excluding hydrogens is 266 g/mol. The van der Waals surface area contributed by atoms with Crippen molar-refractivity contribution >= 4 is 22.6 Å². The van der Waals surface area contributed by atoms with Crippen LogP contribution in [0.5, 0.6) is 0 Å². The minimum atomic E-state index is 0.230. The smallest absolute Gasteiger partial charge is 0.263 e. The van der Waals surface area contributed by atoms with E-state index in [0.29, 0.717) is 5.71 Å². The zero-order valence-corrected chi connectivity index (χ0v) is 11.6. The summed E-state index contributed by atoms with van der Waals surface area (Å²) < 4.78 is 5.18. The molecular formula is C15H15N5O. The van der Waals surface area contributed by atoms with E-state index in [9.17, 15) is 0 Å². The summed E-state index contributed by atoms with van der Waals surface area (Å²) in [6.07, 6.45) is 3.54. The standard InChI is InChI=1S/C15H15N5O/c1-8-13-14(17-7-18-15(13)21-20-8)19-12-5-2-9-6-10(16)3-4-11(9)12/h3-4,6-7,12H,2,5,16H2,1H3,(H,17,18,19). The van der Waals surface area contributed by atoms with Crippen molar-refractivity contribution in [1.82, 2.24) is 15.1 Å². The van der Waals surface area contributed by atoms with Crippen LogP contribution >= 0.6 is 0 Å². The van der Waals surface area contributed by atoms with Gasteiger partial charge in [0.15, 0.2) is 0 Å². The molecule has 0 amide bonds. The minimum Gasteiger partial charge on any atom is -0.399 e. The molecule has 6 nitrogen and oxygen atoms in total. The summed E-state index contributed by atoms with van der Waals surface area (Å²) >= 11 is 0. The van der Waals surface area contributed by atoms with Gasteiger partial charge in [-0.1, -0.05) is 11.2 Å². The second-order valence-corrected chi connectivity index (χ2v) is 5.36. The number of aromatic nitrogens is 3. The minimum absolute atomic E-state index is 0.230. The maximum Gasteiger partial charge on any atom is 0.263 e. The third kappa shape index (κ3) is 1.91. The topological polar surface area (TPSA) is 89.9 Å². The first kappa shape index (κ1) is 12.1. The van der Waals surface area contributed by atoms with E-state index in [0.717, 1.165) is 35.4 Å². The Morgan fingerprint density at radius 3 is 3.14 bits per heavy atom. The zero-order chi connectivity index (χ0) is 14.4. The molecule has 1 aliphatic rings. The third-order valence-electron chi connectivity index (χ3n) is 4.00. The molecule has 0 radical (unpaired) electrons. The first-order valence-electron chi connectivity index (χ1n) is 6.94. The predicted molar refractivity (Wildman–Crippen MR) is 79.9 cm³/mol. The number of benzene rings is 1. The van der Waals surface area contributed by atoms with Crippen molar-refractivity contribution in [2.24, 2.45) is 0 Å². The second kappa shape index (κ2) is 4.44. The molecule has 0 saturated heterocycles. The maximum atomic E-state index is 5.85. The first-order chi connectivity index (χ1) is 10.2. The molecule has 0 fully saturated rings. The number of hydrogen-bond acceptors (Lipinski definition) is 6. The van der Waals surface area contributed by atoms with E-state index in [4.69, 9.17) is 10.3 Å². The molecule has 21 heavy (non-hydrogen) atoms. The molecule has 1 unspecified atom stereocenters. The molecule has 2 aromatic heterocycles. The molecule has 3 aromatic rings. The summed E-state index contributed by atoms with van der Waals surface area (Å²) in [6.45, 7) is 1.89. The Morgan fingerprint density at radius 2 is 2.24 bits per heavy atom. The van der Waals surface area contributed by atoms with Crippen molar-refractivity contribution in [3.05, 3.63) is 41.3 Å². The van der Waals surface area contributed by atoms with Crippen LogP contribution in [0, 0.1) is 6.92 Å². The number of anilines is 2. The van der Waals surface area contributed by atoms with Crippen molar-refractivity contribution < 1.29 is 4.52 Å². The summed E-state index contributed by atoms with van der Waals surface area (Å²) in [6, 6.07) is 6.32. The number of nitrogens with one attached hydrogen (secondary N) is 1. The van der Waals surface area contributed by atoms with Gasteiger partial charge in [-0.3, -0.25) is 0 Å². The lowest BCUT2D eigenvalue weighted by Crippen LogP contribution is -2.09. The van der Waals surface area contributed by atoms with Crippen LogP contribution in [-0.2, 0) is 6.42 Å². The van der Waals surface area contributed by atoms with Crippen LogP contribution < -0.4 is 11.1 Å². The molecule has 2 heterocycles. The van der Waals surface area contributed by atoms with Gasteiger partial charge in [0.1, 0.15) is 17.5 Å². The fraction of sp³-hybridized carbons (Fsp3) is 0.267. The molecule has 0 spiro atoms. The average Bonchev–Trinajstić information content (AvgIpc) is 3.04. The predicted octanol–water partition coefficient (Wildman–Crippen LogP) is 2.61. The molecule has 3 N–H and O–H groups in total. The molecule has 1 aliphatic carbocycles. The van der Waals surface area contributed by atoms with Gasteiger partial charge >= 0.3 is 0 Å². The number of aryl methyl sites for hydroxylation is 2. The Bertz CT molecular complexity index is 826. The lowest BCUT2D eigenvalue weighted by atomic mass is 10.1. The highest BCUT2D eigenvalue weighted by Gasteiger charge is 2.24. The van der Waals surface area contributed by atoms with E-state index in [1.54, 1.807) is 0 Å². The summed E-state index contributed by atoms with van der Waals surface area (Å²) in [5, 5.41) is 8.30. The monoisotopic (exact) mass is 281 g/mol. The van der Waals surface area contributed by atoms with Gasteiger partial charge in [-0.2, -0.15) is 4.98 Å². The quantitative estimate of drug-likeness (QED) is 0.702. The molecule has 0 aliphatic heterocycles. The van der Waals surface area contributed by atoms with Crippen LogP contribution in [0.15, 0.2) is 29.0 Å². The van der Waals surface area contributed by atoms with Crippen LogP contribution in [0.3, 0.4) is 0 Å². The molecule has 6 heteroatoms. The number of rotatable bonds is 2. The van der Waals surface area contributed by atoms with Crippen LogP contribution in [0.25, 0.3) is 11.1 Å². The van der Waals surface area contributed by atoms with Crippen LogP contribution in [0.1, 0.15) is 29.3 Å². The summed E-state index contributed by atoms with van der Waals surface area (Å²) in [4.78, 5) is 8.44. The molecule has 1 aromatic carbocycles. The normalized spacial score (nSPS) is 17.1. The number of nitrogens with zero attached hydrogens (tertiary/aromatic N) is 3. The van der Waals surface area contributed by atoms with Crippen LogP contribution in [0.2, 0.25) is 0 Å². The lowest BCUT2D eigenvalue weighted by molar-refractivity contribution is 0.442. The third-order valence-corrected chi connectivity index (χ3v) is 4.00. The van der Waals surface area contributed by atoms with E-state index < -0.39 is 0 Å². The fourth-order valence-electron chi connectivity index (χ4n) is 2.98. The number of fused-ring (bicyclic) bond motifs is 2. The lowest BCUT2D eigenvalue weighted by Gasteiger charge is -2.15. The highest BCUT2D eigenvalue weighted by atomic mass is 16.5. The van der Waals surface area contributed by atoms with Gasteiger partial charge in [-0.05, 0) is 43.0 Å². The first-order valence-corrected chi connectivity index (χ1v) is 6.94. The number of hydrogen-bond donors (Lipinski definition) is 2. The highest BCUT2D eigenvalue weighted by molar-refractivity contribution is 5.87. The van der Waals surface area contributed by atoms with E-state index >= 15 is 0 Å². The highest BCUT2D eigenvalue weighted by Crippen LogP contribution is 2.36. The SMILES string of the molecule is Cc1noc2ncnc(NC3CCc4cc(N)ccc43)c12. The van der Waals surface area contributed by atoms with Crippen molar-refractivity contribution in [3.63, 3.8) is 0 Å². The van der Waals surface area contributed by atoms with Gasteiger partial charge in [-0.15, -0.1) is 0 Å². The van der Waals surface area contributed by atoms with Crippen molar-refractivity contribution in [1.29, 1.82) is 0 Å². The van der Waals surface area contributed by atoms with Gasteiger partial charge in [0.25, 0.3) is 5.71 Å². The zero-order valence-electron chi connectivity index (χ0n) is 11.6. The Morgan fingerprint density at radius 1 is 1.33 bits per heavy atom. The summed E-state index contributed by atoms with van der Waals surface area (Å²) in [5.41, 5.74) is 10.6. The van der Waals surface area contributed by atoms with Crippen molar-refractivity contribution in [3.8, 4) is 0 Å². The van der Waals surface area contributed by atoms with Gasteiger partial charge < -0.3 is 15.6 Å². The molecule has 106 valence electrons. The van der Waals surface area contributed by atoms with E-state index in [1.165, 1.54) is 17.5 Å². The molecule has 0 bridgehead atoms. The Hall–Kier alpha value is -2.63. The van der Waals surface area contributed by atoms with Crippen molar-refractivity contribution in [2.45, 2.75) is 25.8 Å². The second-order valence-electron chi connectivity index (χ2n) is 5.36. The Labute approximate surface area is 121 Å². The molecule has 4 rings (SSSR count). The van der Waals surface area contributed by atoms with Crippen LogP contribution in [-0.4, -0.2) is 15.1 Å². The number of nitrogens with two attached hydrogens (primary N) is 1. The Kier molecular flexibility index (Phi) is 2.57. The van der Waals surface area contributed by atoms with Crippen molar-refractivity contribution in [2.75, 3.05) is 11.1 Å². The summed E-state index contributed by atoms with van der Waals surface area (Å²) in [7, 11) is 0. The molecule has 1 atom stereocenters. The van der Waals surface area contributed by atoms with Gasteiger partial charge in [0, 0.05) is 5.69 Å². The average molecular weight is 281 g/mol. The van der Waals surface area contributed by atoms with Crippen LogP contribution in [0.4, 0.5) is 11.5 Å². The largest absolute Gasteiger partial charge is 0.399 e. The van der Waals surface area contributed by atoms with Gasteiger partial charge in [-0.25, -0.2) is 4.98 Å². The number of nitrogen functional groups attached to an aromatic ring is 1. The van der Waals surface area contributed by atoms with E-state index in [2.05, 4.69) is 32.6 Å². The Balaban J connectivity index is 1.72. The maximum absolute atomic E-state index is 5.85. The molecule has 0 saturated carbocycles.